The molecule has 2 aliphatic carbocycles. The molecule has 0 aromatic rings. The van der Waals surface area contributed by atoms with Gasteiger partial charge in [0, 0.05) is 12.1 Å². The second-order valence-corrected chi connectivity index (χ2v) is 18.2. The van der Waals surface area contributed by atoms with Crippen molar-refractivity contribution in [2.45, 2.75) is 98.9 Å². The van der Waals surface area contributed by atoms with Gasteiger partial charge in [0.25, 0.3) is 0 Å². The zero-order valence-corrected chi connectivity index (χ0v) is 17.5. The third kappa shape index (κ3) is 3.03. The van der Waals surface area contributed by atoms with Crippen LogP contribution < -0.4 is 0 Å². The Bertz CT molecular complexity index is 474. The molecule has 0 bridgehead atoms. The van der Waals surface area contributed by atoms with Gasteiger partial charge in [-0.05, 0) is 37.0 Å². The molecule has 0 spiro atoms. The molecule has 140 valence electrons. The van der Waals surface area contributed by atoms with Gasteiger partial charge in [0.1, 0.15) is 23.4 Å². The van der Waals surface area contributed by atoms with Gasteiger partial charge in [-0.2, -0.15) is 0 Å². The first-order chi connectivity index (χ1) is 11.3. The van der Waals surface area contributed by atoms with E-state index in [-0.39, 0.29) is 11.3 Å². The van der Waals surface area contributed by atoms with E-state index in [1.165, 1.54) is 0 Å². The van der Waals surface area contributed by atoms with Gasteiger partial charge in [0.05, 0.1) is 0 Å². The van der Waals surface area contributed by atoms with Crippen molar-refractivity contribution in [2.75, 3.05) is 0 Å². The normalized spacial score (nSPS) is 49.2. The molecular weight excluding hydrogens is 382 g/mol. The molecule has 4 atom stereocenters. The predicted molar refractivity (Wildman–Crippen MR) is 106 cm³/mol. The molecule has 2 saturated carbocycles. The summed E-state index contributed by atoms with van der Waals surface area (Å²) >= 11 is 11.7. The van der Waals surface area contributed by atoms with E-state index >= 15 is 0 Å². The topological polar surface area (TPSA) is 80.9 Å². The lowest BCUT2D eigenvalue weighted by Crippen LogP contribution is -2.49. The first kappa shape index (κ1) is 19.9. The highest BCUT2D eigenvalue weighted by molar-refractivity contribution is 8.19. The third-order valence-corrected chi connectivity index (χ3v) is 19.1. The van der Waals surface area contributed by atoms with Crippen LogP contribution in [0.1, 0.15) is 64.2 Å². The maximum atomic E-state index is 11.0. The molecular formula is C16H30O4P2S2. The van der Waals surface area contributed by atoms with Crippen molar-refractivity contribution in [1.82, 2.24) is 0 Å². The predicted octanol–water partition coefficient (Wildman–Crippen LogP) is 2.90. The van der Waals surface area contributed by atoms with Crippen molar-refractivity contribution < 1.29 is 20.4 Å². The van der Waals surface area contributed by atoms with Crippen molar-refractivity contribution in [2.24, 2.45) is 0 Å². The minimum Gasteiger partial charge on any atom is -0.385 e. The summed E-state index contributed by atoms with van der Waals surface area (Å²) in [6.45, 7) is 0. The molecule has 3 rings (SSSR count). The van der Waals surface area contributed by atoms with Gasteiger partial charge in [-0.1, -0.05) is 62.1 Å². The maximum absolute atomic E-state index is 11.0. The van der Waals surface area contributed by atoms with Gasteiger partial charge >= 0.3 is 0 Å². The Labute approximate surface area is 155 Å². The minimum atomic E-state index is -2.71. The highest BCUT2D eigenvalue weighted by Gasteiger charge is 2.60. The van der Waals surface area contributed by atoms with E-state index in [4.69, 9.17) is 23.6 Å². The van der Waals surface area contributed by atoms with Crippen molar-refractivity contribution in [3.8, 4) is 0 Å². The summed E-state index contributed by atoms with van der Waals surface area (Å²) in [5.41, 5.74) is 0.122. The van der Waals surface area contributed by atoms with E-state index in [1.54, 1.807) is 0 Å². The van der Waals surface area contributed by atoms with E-state index in [1.807, 2.05) is 0 Å². The van der Waals surface area contributed by atoms with Crippen LogP contribution in [-0.2, 0) is 23.6 Å². The highest BCUT2D eigenvalue weighted by atomic mass is 32.4. The fraction of sp³-hybridized carbons (Fsp3) is 1.00. The zero-order chi connectivity index (χ0) is 17.5. The van der Waals surface area contributed by atoms with Crippen LogP contribution in [0.3, 0.4) is 0 Å². The van der Waals surface area contributed by atoms with Crippen molar-refractivity contribution in [1.29, 1.82) is 0 Å². The van der Waals surface area contributed by atoms with Crippen LogP contribution in [0.5, 0.6) is 0 Å². The lowest BCUT2D eigenvalue weighted by atomic mass is 10.0. The van der Waals surface area contributed by atoms with Gasteiger partial charge in [0.15, 0.2) is 0 Å². The SMILES string of the molecule is OC1C(O)P(=S)(C2CCCCC2)C(O)C(O)P1(=S)C1CCCCC1. The summed E-state index contributed by atoms with van der Waals surface area (Å²) in [7, 11) is 0. The summed E-state index contributed by atoms with van der Waals surface area (Å²) < 4.78 is 0. The highest BCUT2D eigenvalue weighted by Crippen LogP contribution is 2.77. The monoisotopic (exact) mass is 412 g/mol. The standard InChI is InChI=1S/C16H30O4P2S2/c17-13-15(19)22(24,12-9-5-2-6-10-12)16(20)14(18)21(13,23)11-7-3-1-4-8-11/h11-20H,1-10H2. The number of rotatable bonds is 2. The molecule has 0 radical (unpaired) electrons. The van der Waals surface area contributed by atoms with Gasteiger partial charge in [0.2, 0.25) is 0 Å². The second kappa shape index (κ2) is 7.64. The molecule has 4 N–H and O–H groups in total. The zero-order valence-electron chi connectivity index (χ0n) is 14.0. The van der Waals surface area contributed by atoms with Crippen LogP contribution in [0.15, 0.2) is 0 Å². The molecule has 4 nitrogen and oxygen atoms in total. The average molecular weight is 412 g/mol. The van der Waals surface area contributed by atoms with E-state index < -0.39 is 35.5 Å². The van der Waals surface area contributed by atoms with E-state index in [9.17, 15) is 20.4 Å². The second-order valence-electron chi connectivity index (χ2n) is 7.77. The lowest BCUT2D eigenvalue weighted by Gasteiger charge is -2.54. The molecule has 1 saturated heterocycles. The van der Waals surface area contributed by atoms with Gasteiger partial charge in [-0.25, -0.2) is 0 Å². The Morgan fingerprint density at radius 3 is 1.00 bits per heavy atom. The summed E-state index contributed by atoms with van der Waals surface area (Å²) in [5, 5.41) is 44.0. The van der Waals surface area contributed by atoms with Gasteiger partial charge in [-0.3, -0.25) is 0 Å². The molecule has 0 aromatic heterocycles. The van der Waals surface area contributed by atoms with Crippen LogP contribution in [0.4, 0.5) is 0 Å². The number of hydrogen-bond acceptors (Lipinski definition) is 6. The molecule has 1 heterocycles. The number of hydrogen-bond donors (Lipinski definition) is 4. The smallest absolute Gasteiger partial charge is 0.116 e. The molecule has 4 unspecified atom stereocenters. The summed E-state index contributed by atoms with van der Waals surface area (Å²) in [4.78, 5) is 0. The molecule has 0 aromatic carbocycles. The summed E-state index contributed by atoms with van der Waals surface area (Å²) in [5.74, 6) is -4.44. The van der Waals surface area contributed by atoms with Crippen LogP contribution in [0.2, 0.25) is 0 Å². The Morgan fingerprint density at radius 1 is 0.500 bits per heavy atom. The van der Waals surface area contributed by atoms with Crippen molar-refractivity contribution in [3.63, 3.8) is 0 Å². The molecule has 3 aliphatic rings. The minimum absolute atomic E-state index is 0.0608. The van der Waals surface area contributed by atoms with E-state index in [0.29, 0.717) is 0 Å². The van der Waals surface area contributed by atoms with Crippen molar-refractivity contribution in [3.05, 3.63) is 0 Å². The summed E-state index contributed by atoms with van der Waals surface area (Å²) in [6.07, 6.45) is 10.0. The van der Waals surface area contributed by atoms with Crippen molar-refractivity contribution >= 4 is 35.7 Å². The fourth-order valence-electron chi connectivity index (χ4n) is 4.98. The largest absolute Gasteiger partial charge is 0.385 e. The Hall–Kier alpha value is 1.14. The van der Waals surface area contributed by atoms with E-state index in [0.717, 1.165) is 64.2 Å². The first-order valence-corrected chi connectivity index (χ1v) is 15.3. The van der Waals surface area contributed by atoms with Crippen LogP contribution in [0, 0.1) is 0 Å². The average Bonchev–Trinajstić information content (AvgIpc) is 2.64. The Morgan fingerprint density at radius 2 is 0.750 bits per heavy atom. The fourth-order valence-corrected chi connectivity index (χ4v) is 17.7. The quantitative estimate of drug-likeness (QED) is 0.523. The van der Waals surface area contributed by atoms with Gasteiger partial charge in [-0.15, -0.1) is 0 Å². The number of aliphatic hydroxyl groups is 4. The number of aliphatic hydroxyl groups excluding tert-OH is 4. The first-order valence-electron chi connectivity index (χ1n) is 9.25. The van der Waals surface area contributed by atoms with Crippen LogP contribution in [0.25, 0.3) is 0 Å². The molecule has 1 aliphatic heterocycles. The van der Waals surface area contributed by atoms with Crippen LogP contribution in [-0.4, -0.2) is 55.1 Å². The Balaban J connectivity index is 1.93. The molecule has 3 fully saturated rings. The lowest BCUT2D eigenvalue weighted by molar-refractivity contribution is 0.0736. The Kier molecular flexibility index (Phi) is 6.33. The van der Waals surface area contributed by atoms with E-state index in [2.05, 4.69) is 0 Å². The third-order valence-electron chi connectivity index (χ3n) is 6.48. The van der Waals surface area contributed by atoms with Crippen LogP contribution >= 0.6 is 12.1 Å². The molecule has 24 heavy (non-hydrogen) atoms. The van der Waals surface area contributed by atoms with Gasteiger partial charge < -0.3 is 20.4 Å². The maximum Gasteiger partial charge on any atom is 0.116 e. The molecule has 8 heteroatoms. The molecule has 0 amide bonds. The summed E-state index contributed by atoms with van der Waals surface area (Å²) in [6, 6.07) is -5.42.